The molecule has 0 atom stereocenters. The summed E-state index contributed by atoms with van der Waals surface area (Å²) in [5.41, 5.74) is 0.541. The van der Waals surface area contributed by atoms with Gasteiger partial charge in [0, 0.05) is 5.57 Å². The summed E-state index contributed by atoms with van der Waals surface area (Å²) < 4.78 is 10.1. The van der Waals surface area contributed by atoms with Crippen LogP contribution in [0, 0.1) is 0 Å². The van der Waals surface area contributed by atoms with Crippen LogP contribution in [0.3, 0.4) is 0 Å². The minimum absolute atomic E-state index is 0.00972. The second-order valence-corrected chi connectivity index (χ2v) is 8.47. The highest BCUT2D eigenvalue weighted by Gasteiger charge is 2.30. The van der Waals surface area contributed by atoms with E-state index in [0.717, 1.165) is 12.8 Å². The van der Waals surface area contributed by atoms with Crippen LogP contribution in [0.1, 0.15) is 110 Å². The van der Waals surface area contributed by atoms with Crippen molar-refractivity contribution in [1.29, 1.82) is 0 Å². The first kappa shape index (κ1) is 27.2. The maximum Gasteiger partial charge on any atom is 0.227 e. The number of ketones is 2. The molecule has 4 heteroatoms. The van der Waals surface area contributed by atoms with E-state index in [-0.39, 0.29) is 23.1 Å². The first-order chi connectivity index (χ1) is 15.2. The number of rotatable bonds is 19. The Balaban J connectivity index is 1.97. The molecular weight excluding hydrogens is 388 g/mol. The number of unbranched alkanes of at least 4 members (excludes halogenated alkanes) is 13. The first-order valence-corrected chi connectivity index (χ1v) is 12.4. The monoisotopic (exact) mass is 432 g/mol. The first-order valence-electron chi connectivity index (χ1n) is 12.4. The van der Waals surface area contributed by atoms with E-state index in [1.165, 1.54) is 104 Å². The zero-order valence-corrected chi connectivity index (χ0v) is 20.2. The third kappa shape index (κ3) is 11.4. The van der Waals surface area contributed by atoms with Crippen molar-refractivity contribution in [1.82, 2.24) is 0 Å². The van der Waals surface area contributed by atoms with E-state index < -0.39 is 0 Å². The van der Waals surface area contributed by atoms with Crippen molar-refractivity contribution in [2.75, 3.05) is 14.2 Å². The van der Waals surface area contributed by atoms with Crippen LogP contribution < -0.4 is 0 Å². The van der Waals surface area contributed by atoms with Gasteiger partial charge in [-0.25, -0.2) is 0 Å². The minimum atomic E-state index is -0.280. The van der Waals surface area contributed by atoms with Crippen molar-refractivity contribution < 1.29 is 19.1 Å². The number of carbonyl (C=O) groups is 2. The quantitative estimate of drug-likeness (QED) is 0.121. The van der Waals surface area contributed by atoms with Gasteiger partial charge >= 0.3 is 0 Å². The molecule has 0 spiro atoms. The van der Waals surface area contributed by atoms with Gasteiger partial charge in [0.1, 0.15) is 0 Å². The highest BCUT2D eigenvalue weighted by molar-refractivity contribution is 6.20. The molecule has 31 heavy (non-hydrogen) atoms. The van der Waals surface area contributed by atoms with Crippen LogP contribution in [0.5, 0.6) is 0 Å². The summed E-state index contributed by atoms with van der Waals surface area (Å²) in [5.74, 6) is -0.451. The number of hydrogen-bond donors (Lipinski definition) is 0. The fourth-order valence-electron chi connectivity index (χ4n) is 3.94. The van der Waals surface area contributed by atoms with Crippen LogP contribution in [0.25, 0.3) is 0 Å². The van der Waals surface area contributed by atoms with Gasteiger partial charge in [0.2, 0.25) is 23.1 Å². The van der Waals surface area contributed by atoms with Gasteiger partial charge in [-0.05, 0) is 38.2 Å². The topological polar surface area (TPSA) is 52.6 Å². The van der Waals surface area contributed by atoms with E-state index in [1.807, 2.05) is 0 Å². The van der Waals surface area contributed by atoms with Crippen molar-refractivity contribution in [3.8, 4) is 0 Å². The van der Waals surface area contributed by atoms with Crippen molar-refractivity contribution in [3.63, 3.8) is 0 Å². The van der Waals surface area contributed by atoms with E-state index in [2.05, 4.69) is 19.1 Å². The van der Waals surface area contributed by atoms with Gasteiger partial charge in [-0.1, -0.05) is 89.7 Å². The summed E-state index contributed by atoms with van der Waals surface area (Å²) in [6, 6.07) is 0. The van der Waals surface area contributed by atoms with Crippen LogP contribution in [0.2, 0.25) is 0 Å². The smallest absolute Gasteiger partial charge is 0.227 e. The molecule has 0 bridgehead atoms. The summed E-state index contributed by atoms with van der Waals surface area (Å²) in [4.78, 5) is 24.4. The molecule has 0 radical (unpaired) electrons. The Bertz CT molecular complexity index is 613. The van der Waals surface area contributed by atoms with E-state index in [9.17, 15) is 9.59 Å². The Hall–Kier alpha value is -1.84. The molecule has 0 fully saturated rings. The largest absolute Gasteiger partial charge is 0.490 e. The fraction of sp³-hybridized carbons (Fsp3) is 0.704. The highest BCUT2D eigenvalue weighted by Crippen LogP contribution is 2.24. The van der Waals surface area contributed by atoms with Crippen molar-refractivity contribution in [2.24, 2.45) is 0 Å². The van der Waals surface area contributed by atoms with E-state index in [0.29, 0.717) is 12.0 Å². The van der Waals surface area contributed by atoms with Crippen LogP contribution in [-0.4, -0.2) is 25.8 Å². The lowest BCUT2D eigenvalue weighted by molar-refractivity contribution is -0.120. The summed E-state index contributed by atoms with van der Waals surface area (Å²) >= 11 is 0. The van der Waals surface area contributed by atoms with Gasteiger partial charge < -0.3 is 9.47 Å². The van der Waals surface area contributed by atoms with Gasteiger partial charge in [-0.3, -0.25) is 9.59 Å². The van der Waals surface area contributed by atoms with Gasteiger partial charge in [-0.2, -0.15) is 0 Å². The van der Waals surface area contributed by atoms with Gasteiger partial charge in [0.25, 0.3) is 0 Å². The number of Topliss-reactive ketones (excluding diaryl/α,β-unsaturated/α-hetero) is 1. The number of methoxy groups -OCH3 is 2. The highest BCUT2D eigenvalue weighted by atomic mass is 16.5. The zero-order valence-electron chi connectivity index (χ0n) is 20.2. The number of ether oxygens (including phenoxy) is 2. The van der Waals surface area contributed by atoms with Crippen molar-refractivity contribution in [3.05, 3.63) is 35.3 Å². The molecule has 0 unspecified atom stereocenters. The van der Waals surface area contributed by atoms with Gasteiger partial charge in [0.15, 0.2) is 0 Å². The molecular formula is C27H44O4. The molecule has 0 saturated carbocycles. The number of hydrogen-bond acceptors (Lipinski definition) is 4. The van der Waals surface area contributed by atoms with Crippen LogP contribution in [-0.2, 0) is 19.1 Å². The maximum absolute atomic E-state index is 12.4. The second kappa shape index (κ2) is 17.8. The predicted molar refractivity (Wildman–Crippen MR) is 128 cm³/mol. The van der Waals surface area contributed by atoms with E-state index >= 15 is 0 Å². The Morgan fingerprint density at radius 2 is 1.16 bits per heavy atom. The van der Waals surface area contributed by atoms with E-state index in [1.54, 1.807) is 0 Å². The van der Waals surface area contributed by atoms with Gasteiger partial charge in [-0.15, -0.1) is 0 Å². The van der Waals surface area contributed by atoms with E-state index in [4.69, 9.17) is 9.47 Å². The van der Waals surface area contributed by atoms with Crippen LogP contribution in [0.15, 0.2) is 35.3 Å². The molecule has 176 valence electrons. The molecule has 1 aliphatic rings. The van der Waals surface area contributed by atoms with Crippen LogP contribution >= 0.6 is 0 Å². The molecule has 0 aromatic carbocycles. The summed E-state index contributed by atoms with van der Waals surface area (Å²) in [5, 5.41) is 0. The molecule has 0 N–H and O–H groups in total. The molecule has 0 heterocycles. The lowest BCUT2D eigenvalue weighted by Gasteiger charge is -2.16. The molecule has 0 saturated heterocycles. The molecule has 0 aliphatic heterocycles. The third-order valence-electron chi connectivity index (χ3n) is 5.85. The molecule has 0 aromatic rings. The molecule has 4 nitrogen and oxygen atoms in total. The fourth-order valence-corrected chi connectivity index (χ4v) is 3.94. The normalized spacial score (nSPS) is 14.5. The summed E-state index contributed by atoms with van der Waals surface area (Å²) in [6.07, 6.45) is 25.7. The minimum Gasteiger partial charge on any atom is -0.490 e. The molecule has 1 aliphatic carbocycles. The Kier molecular flexibility index (Phi) is 15.6. The Morgan fingerprint density at radius 3 is 1.68 bits per heavy atom. The molecule has 0 amide bonds. The van der Waals surface area contributed by atoms with Crippen molar-refractivity contribution in [2.45, 2.75) is 110 Å². The Labute approximate surface area is 190 Å². The standard InChI is InChI=1S/C27H44O4/c1-4-5-6-7-8-9-10-11-12-13-14-15-16-17-18-19-20-21-23-22-24(28)26(30-2)27(31-3)25(23)29/h7-8,22H,4-6,9-21H2,1-3H3. The lowest BCUT2D eigenvalue weighted by atomic mass is 9.95. The van der Waals surface area contributed by atoms with Crippen molar-refractivity contribution >= 4 is 11.6 Å². The zero-order chi connectivity index (χ0) is 22.7. The number of carbonyl (C=O) groups excluding carboxylic acids is 2. The molecule has 0 aromatic heterocycles. The summed E-state index contributed by atoms with van der Waals surface area (Å²) in [6.45, 7) is 2.24. The molecule has 1 rings (SSSR count). The predicted octanol–water partition coefficient (Wildman–Crippen LogP) is 7.39. The van der Waals surface area contributed by atoms with Crippen LogP contribution in [0.4, 0.5) is 0 Å². The second-order valence-electron chi connectivity index (χ2n) is 8.47. The maximum atomic E-state index is 12.4. The number of allylic oxidation sites excluding steroid dienone is 4. The third-order valence-corrected chi connectivity index (χ3v) is 5.85. The average molecular weight is 433 g/mol. The van der Waals surface area contributed by atoms with Gasteiger partial charge in [0.05, 0.1) is 14.2 Å². The lowest BCUT2D eigenvalue weighted by Crippen LogP contribution is -2.21. The SMILES string of the molecule is CCCCC=CCCCCCCCCCCCCCC1=CC(=O)C(OC)=C(OC)C1=O. The Morgan fingerprint density at radius 1 is 0.677 bits per heavy atom. The average Bonchev–Trinajstić information content (AvgIpc) is 2.77. The summed E-state index contributed by atoms with van der Waals surface area (Å²) in [7, 11) is 2.78.